The van der Waals surface area contributed by atoms with Crippen LogP contribution in [0.3, 0.4) is 0 Å². The summed E-state index contributed by atoms with van der Waals surface area (Å²) in [5.41, 5.74) is 1.09. The molecule has 0 bridgehead atoms. The lowest BCUT2D eigenvalue weighted by Gasteiger charge is -2.45. The summed E-state index contributed by atoms with van der Waals surface area (Å²) in [6.07, 6.45) is 31.2. The van der Waals surface area contributed by atoms with Gasteiger partial charge >= 0.3 is 12.4 Å². The van der Waals surface area contributed by atoms with Crippen molar-refractivity contribution in [2.75, 3.05) is 46.0 Å². The van der Waals surface area contributed by atoms with E-state index in [1.165, 1.54) is 178 Å². The van der Waals surface area contributed by atoms with Crippen LogP contribution in [0.4, 0.5) is 26.3 Å². The summed E-state index contributed by atoms with van der Waals surface area (Å²) in [5.74, 6) is 5.68. The largest absolute Gasteiger partial charge is 0.499 e. The van der Waals surface area contributed by atoms with Gasteiger partial charge in [-0.3, -0.25) is 9.80 Å². The number of benzene rings is 2. The molecule has 10 heteroatoms. The Morgan fingerprint density at radius 3 is 1.26 bits per heavy atom. The smallest absolute Gasteiger partial charge is 0.416 e. The first kappa shape index (κ1) is 64.6. The number of allylic oxidation sites excluding steroid dienone is 1. The molecule has 6 unspecified atom stereocenters. The Labute approximate surface area is 471 Å². The quantitative estimate of drug-likeness (QED) is 0.0508. The maximum atomic E-state index is 13.4. The van der Waals surface area contributed by atoms with Gasteiger partial charge in [0.2, 0.25) is 0 Å². The molecule has 0 aromatic heterocycles. The van der Waals surface area contributed by atoms with Crippen molar-refractivity contribution in [1.82, 2.24) is 9.80 Å². The summed E-state index contributed by atoms with van der Waals surface area (Å²) in [6.45, 7) is 19.0. The van der Waals surface area contributed by atoms with Gasteiger partial charge in [-0.25, -0.2) is 0 Å². The second-order valence-electron chi connectivity index (χ2n) is 25.0. The van der Waals surface area contributed by atoms with Gasteiger partial charge in [0, 0.05) is 44.8 Å². The summed E-state index contributed by atoms with van der Waals surface area (Å²) in [4.78, 5) is 5.65. The highest BCUT2D eigenvalue weighted by Gasteiger charge is 2.40. The Morgan fingerprint density at radius 2 is 0.846 bits per heavy atom. The zero-order chi connectivity index (χ0) is 55.8. The minimum atomic E-state index is -4.30. The van der Waals surface area contributed by atoms with Gasteiger partial charge < -0.3 is 9.47 Å². The fourth-order valence-electron chi connectivity index (χ4n) is 15.4. The third-order valence-corrected chi connectivity index (χ3v) is 19.6. The Bertz CT molecular complexity index is 1870. The van der Waals surface area contributed by atoms with Crippen molar-refractivity contribution in [2.45, 2.75) is 263 Å². The highest BCUT2D eigenvalue weighted by Crippen LogP contribution is 2.45. The van der Waals surface area contributed by atoms with E-state index < -0.39 is 23.5 Å². The lowest BCUT2D eigenvalue weighted by Crippen LogP contribution is -2.47. The van der Waals surface area contributed by atoms with Crippen LogP contribution in [0.15, 0.2) is 60.9 Å². The van der Waals surface area contributed by atoms with Crippen molar-refractivity contribution in [3.8, 4) is 0 Å². The fraction of sp³-hybridized carbons (Fsp3) is 0.794. The molecule has 0 amide bonds. The molecule has 0 radical (unpaired) electrons. The van der Waals surface area contributed by atoms with Crippen LogP contribution in [0.1, 0.15) is 261 Å². The van der Waals surface area contributed by atoms with E-state index in [4.69, 9.17) is 9.47 Å². The zero-order valence-electron chi connectivity index (χ0n) is 49.4. The molecule has 0 spiro atoms. The monoisotopic (exact) mass is 1100 g/mol. The fourth-order valence-corrected chi connectivity index (χ4v) is 15.4. The third kappa shape index (κ3) is 21.3. The molecule has 444 valence electrons. The molecule has 0 heterocycles. The number of alkyl halides is 6. The van der Waals surface area contributed by atoms with Gasteiger partial charge in [-0.1, -0.05) is 154 Å². The summed E-state index contributed by atoms with van der Waals surface area (Å²) >= 11 is 0. The summed E-state index contributed by atoms with van der Waals surface area (Å²) < 4.78 is 91.5. The third-order valence-electron chi connectivity index (χ3n) is 19.6. The topological polar surface area (TPSA) is 24.9 Å². The Kier molecular flexibility index (Phi) is 28.3. The molecular weight excluding hydrogens is 991 g/mol. The van der Waals surface area contributed by atoms with Crippen LogP contribution in [0.25, 0.3) is 0 Å². The Hall–Kier alpha value is -2.56. The normalized spacial score (nSPS) is 25.6. The van der Waals surface area contributed by atoms with Crippen molar-refractivity contribution in [2.24, 2.45) is 35.5 Å². The van der Waals surface area contributed by atoms with Crippen molar-refractivity contribution < 1.29 is 35.8 Å². The molecule has 2 aromatic carbocycles. The van der Waals surface area contributed by atoms with E-state index in [1.807, 2.05) is 27.7 Å². The van der Waals surface area contributed by atoms with Gasteiger partial charge in [0.15, 0.2) is 0 Å². The molecule has 6 aliphatic carbocycles. The van der Waals surface area contributed by atoms with Crippen molar-refractivity contribution >= 4 is 0 Å². The molecule has 6 atom stereocenters. The van der Waals surface area contributed by atoms with E-state index in [0.717, 1.165) is 125 Å². The minimum Gasteiger partial charge on any atom is -0.499 e. The predicted molar refractivity (Wildman–Crippen MR) is 312 cm³/mol. The number of hydrogen-bond donors (Lipinski definition) is 0. The summed E-state index contributed by atoms with van der Waals surface area (Å²) in [6, 6.07) is 13.1. The number of nitrogens with zero attached hydrogens (tertiary/aromatic N) is 2. The van der Waals surface area contributed by atoms with E-state index in [0.29, 0.717) is 36.4 Å². The maximum Gasteiger partial charge on any atom is 0.416 e. The van der Waals surface area contributed by atoms with E-state index in [2.05, 4.69) is 16.4 Å². The lowest BCUT2D eigenvalue weighted by atomic mass is 9.72. The first-order valence-electron chi connectivity index (χ1n) is 32.5. The lowest BCUT2D eigenvalue weighted by molar-refractivity contribution is -0.138. The van der Waals surface area contributed by atoms with Crippen LogP contribution in [0, 0.1) is 35.5 Å². The van der Waals surface area contributed by atoms with E-state index in [1.54, 1.807) is 24.3 Å². The SMILES string of the molecule is C=C(CC1CCC(N(CC2CCCCCC2)CC2CCCCC2)C(c2ccc(C(F)(F)F)cc2)C1)OCC.CC.CCOCCC1CCC(N(CCC2CCCCC2)CCC2CCCCC2)C(c2ccc(C(F)(F)F)cc2)C1. The molecule has 6 fully saturated rings. The molecule has 0 aliphatic heterocycles. The highest BCUT2D eigenvalue weighted by molar-refractivity contribution is 5.30. The minimum absolute atomic E-state index is 0.250. The van der Waals surface area contributed by atoms with E-state index in [-0.39, 0.29) is 5.92 Å². The maximum absolute atomic E-state index is 13.4. The second kappa shape index (κ2) is 34.1. The van der Waals surface area contributed by atoms with Crippen LogP contribution < -0.4 is 0 Å². The van der Waals surface area contributed by atoms with Gasteiger partial charge in [-0.2, -0.15) is 26.3 Å². The number of hydrogen-bond acceptors (Lipinski definition) is 4. The van der Waals surface area contributed by atoms with Crippen LogP contribution in [-0.2, 0) is 21.8 Å². The van der Waals surface area contributed by atoms with Crippen LogP contribution in [0.5, 0.6) is 0 Å². The van der Waals surface area contributed by atoms with Crippen molar-refractivity contribution in [1.29, 1.82) is 0 Å². The first-order valence-corrected chi connectivity index (χ1v) is 32.5. The standard InChI is InChI=1S/C33H50F3NO.C33H52F3NO.C2H6/c1-3-38-25(2)21-28-15-20-32(31(22-28)29-16-18-30(19-17-29)33(34,35)36)37(24-27-13-9-6-10-14-27)23-26-11-7-4-5-8-12-26;1-2-38-24-21-28-13-18-32(31(25-28)29-14-16-30(17-15-29)33(34,35)36)37(22-19-26-9-5-3-6-10-26)23-20-27-11-7-4-8-12-27;1-2/h16-19,26-28,31-32H,2-15,20-24H2,1H3;14-17,26-28,31-32H,2-13,18-25H2,1H3;1-2H3. The molecule has 6 saturated carbocycles. The van der Waals surface area contributed by atoms with Gasteiger partial charge in [0.25, 0.3) is 0 Å². The number of rotatable bonds is 22. The number of ether oxygens (including phenoxy) is 2. The van der Waals surface area contributed by atoms with Gasteiger partial charge in [0.1, 0.15) is 0 Å². The highest BCUT2D eigenvalue weighted by atomic mass is 19.4. The van der Waals surface area contributed by atoms with E-state index in [9.17, 15) is 26.3 Å². The van der Waals surface area contributed by atoms with Gasteiger partial charge in [-0.15, -0.1) is 0 Å². The van der Waals surface area contributed by atoms with Gasteiger partial charge in [-0.05, 0) is 193 Å². The molecule has 8 rings (SSSR count). The molecule has 78 heavy (non-hydrogen) atoms. The van der Waals surface area contributed by atoms with Gasteiger partial charge in [0.05, 0.1) is 23.5 Å². The van der Waals surface area contributed by atoms with Crippen LogP contribution in [-0.4, -0.2) is 67.9 Å². The molecule has 0 saturated heterocycles. The molecule has 0 N–H and O–H groups in total. The Balaban J connectivity index is 0.000000245. The average molecular weight is 1100 g/mol. The molecule has 6 aliphatic rings. The molecule has 2 aromatic rings. The first-order chi connectivity index (χ1) is 37.8. The number of halogens is 6. The van der Waals surface area contributed by atoms with Crippen molar-refractivity contribution in [3.05, 3.63) is 83.1 Å². The summed E-state index contributed by atoms with van der Waals surface area (Å²) in [7, 11) is 0. The predicted octanol–water partition coefficient (Wildman–Crippen LogP) is 20.4. The molecular formula is C68H108F6N2O2. The zero-order valence-corrected chi connectivity index (χ0v) is 49.4. The summed E-state index contributed by atoms with van der Waals surface area (Å²) in [5, 5.41) is 0. The average Bonchev–Trinajstić information content (AvgIpc) is 3.75. The Morgan fingerprint density at radius 1 is 0.462 bits per heavy atom. The van der Waals surface area contributed by atoms with E-state index >= 15 is 0 Å². The van der Waals surface area contributed by atoms with Crippen molar-refractivity contribution in [3.63, 3.8) is 0 Å². The second-order valence-corrected chi connectivity index (χ2v) is 25.0. The van der Waals surface area contributed by atoms with Crippen LogP contribution in [0.2, 0.25) is 0 Å². The molecule has 4 nitrogen and oxygen atoms in total. The van der Waals surface area contributed by atoms with Crippen LogP contribution >= 0.6 is 0 Å².